The molecule has 222 valence electrons. The molecule has 1 aliphatic rings. The third-order valence-electron chi connectivity index (χ3n) is 7.23. The van der Waals surface area contributed by atoms with E-state index in [2.05, 4.69) is 37.9 Å². The number of benzene rings is 1. The molecule has 0 bridgehead atoms. The fourth-order valence-electron chi connectivity index (χ4n) is 5.14. The summed E-state index contributed by atoms with van der Waals surface area (Å²) in [6, 6.07) is 6.49. The Labute approximate surface area is 244 Å². The van der Waals surface area contributed by atoms with Gasteiger partial charge in [-0.15, -0.1) is 11.3 Å². The lowest BCUT2D eigenvalue weighted by molar-refractivity contribution is 0.0755. The minimum Gasteiger partial charge on any atom is -0.339 e. The van der Waals surface area contributed by atoms with Crippen molar-refractivity contribution in [1.29, 1.82) is 0 Å². The highest BCUT2D eigenvalue weighted by atomic mass is 32.2. The molecule has 2 heterocycles. The number of amides is 2. The van der Waals surface area contributed by atoms with Crippen molar-refractivity contribution in [3.8, 4) is 0 Å². The molecule has 1 aromatic carbocycles. The van der Waals surface area contributed by atoms with E-state index in [9.17, 15) is 18.0 Å². The van der Waals surface area contributed by atoms with Crippen LogP contribution in [-0.2, 0) is 23.0 Å². The molecule has 0 aliphatic carbocycles. The first-order chi connectivity index (χ1) is 19.1. The molecule has 1 N–H and O–H groups in total. The normalized spacial score (nSPS) is 14.0. The Bertz CT molecular complexity index is 1240. The lowest BCUT2D eigenvalue weighted by atomic mass is 10.0. The van der Waals surface area contributed by atoms with Gasteiger partial charge in [0.25, 0.3) is 11.8 Å². The summed E-state index contributed by atoms with van der Waals surface area (Å²) in [6.45, 7) is 16.3. The molecule has 0 fully saturated rings. The van der Waals surface area contributed by atoms with E-state index in [-0.39, 0.29) is 16.7 Å². The molecular weight excluding hydrogens is 544 g/mol. The average Bonchev–Trinajstić information content (AvgIpc) is 3.29. The number of anilines is 1. The summed E-state index contributed by atoms with van der Waals surface area (Å²) < 4.78 is 27.8. The zero-order valence-corrected chi connectivity index (χ0v) is 26.6. The van der Waals surface area contributed by atoms with E-state index in [0.29, 0.717) is 48.3 Å². The van der Waals surface area contributed by atoms with E-state index in [1.165, 1.54) is 27.8 Å². The van der Waals surface area contributed by atoms with E-state index in [4.69, 9.17) is 0 Å². The first-order valence-electron chi connectivity index (χ1n) is 14.7. The molecule has 2 amide bonds. The highest BCUT2D eigenvalue weighted by Crippen LogP contribution is 2.38. The number of rotatable bonds is 14. The monoisotopic (exact) mass is 590 g/mol. The number of sulfonamides is 1. The van der Waals surface area contributed by atoms with Gasteiger partial charge >= 0.3 is 0 Å². The van der Waals surface area contributed by atoms with Gasteiger partial charge in [0.15, 0.2) is 0 Å². The van der Waals surface area contributed by atoms with Crippen LogP contribution in [0.2, 0.25) is 0 Å². The standard InChI is InChI=1S/C30H46N4O4S2/c1-7-16-32(17-8-2)30(36)27-25-15-20-33(22(5)6)21-26(25)39-29(27)31-28(35)23-11-13-24(14-12-23)40(37,38)34(18-9-3)19-10-4/h11-14,22H,7-10,15-21H2,1-6H3,(H,31,35). The fraction of sp³-hybridized carbons (Fsp3) is 0.600. The second-order valence-electron chi connectivity index (χ2n) is 10.7. The highest BCUT2D eigenvalue weighted by molar-refractivity contribution is 7.89. The smallest absolute Gasteiger partial charge is 0.257 e. The quantitative estimate of drug-likeness (QED) is 0.299. The lowest BCUT2D eigenvalue weighted by Gasteiger charge is -2.31. The maximum Gasteiger partial charge on any atom is 0.257 e. The average molecular weight is 591 g/mol. The SMILES string of the molecule is CCCN(CCC)C(=O)c1c(NC(=O)c2ccc(S(=O)(=O)N(CCC)CCC)cc2)sc2c1CCN(C(C)C)C2. The Hall–Kier alpha value is -2.27. The first-order valence-corrected chi connectivity index (χ1v) is 16.9. The molecule has 0 saturated heterocycles. The van der Waals surface area contributed by atoms with Gasteiger partial charge in [-0.3, -0.25) is 14.5 Å². The van der Waals surface area contributed by atoms with Crippen molar-refractivity contribution >= 4 is 38.2 Å². The van der Waals surface area contributed by atoms with Crippen LogP contribution in [0.15, 0.2) is 29.2 Å². The maximum atomic E-state index is 13.8. The Kier molecular flexibility index (Phi) is 11.7. The molecule has 0 radical (unpaired) electrons. The van der Waals surface area contributed by atoms with Crippen LogP contribution in [-0.4, -0.2) is 73.1 Å². The van der Waals surface area contributed by atoms with Gasteiger partial charge < -0.3 is 10.2 Å². The van der Waals surface area contributed by atoms with Gasteiger partial charge in [-0.1, -0.05) is 27.7 Å². The van der Waals surface area contributed by atoms with Gasteiger partial charge in [-0.2, -0.15) is 4.31 Å². The van der Waals surface area contributed by atoms with Crippen LogP contribution in [0.5, 0.6) is 0 Å². The number of carbonyl (C=O) groups excluding carboxylic acids is 2. The van der Waals surface area contributed by atoms with E-state index in [1.54, 1.807) is 12.1 Å². The van der Waals surface area contributed by atoms with Crippen LogP contribution in [0.4, 0.5) is 5.00 Å². The summed E-state index contributed by atoms with van der Waals surface area (Å²) in [5, 5.41) is 3.60. The van der Waals surface area contributed by atoms with Gasteiger partial charge in [-0.25, -0.2) is 8.42 Å². The number of fused-ring (bicyclic) bond motifs is 1. The predicted octanol–water partition coefficient (Wildman–Crippen LogP) is 5.84. The van der Waals surface area contributed by atoms with Crippen molar-refractivity contribution in [2.75, 3.05) is 38.0 Å². The van der Waals surface area contributed by atoms with Crippen LogP contribution in [0.1, 0.15) is 98.4 Å². The second-order valence-corrected chi connectivity index (χ2v) is 13.7. The second kappa shape index (κ2) is 14.6. The highest BCUT2D eigenvalue weighted by Gasteiger charge is 2.31. The largest absolute Gasteiger partial charge is 0.339 e. The molecule has 0 unspecified atom stereocenters. The number of nitrogens with zero attached hydrogens (tertiary/aromatic N) is 3. The van der Waals surface area contributed by atoms with Gasteiger partial charge in [0.05, 0.1) is 10.5 Å². The summed E-state index contributed by atoms with van der Waals surface area (Å²) >= 11 is 1.49. The molecule has 8 nitrogen and oxygen atoms in total. The molecule has 0 saturated carbocycles. The lowest BCUT2D eigenvalue weighted by Crippen LogP contribution is -2.37. The summed E-state index contributed by atoms with van der Waals surface area (Å²) in [6.07, 6.45) is 3.96. The third kappa shape index (κ3) is 7.32. The summed E-state index contributed by atoms with van der Waals surface area (Å²) in [5.74, 6) is -0.378. The Morgan fingerprint density at radius 1 is 0.950 bits per heavy atom. The maximum absolute atomic E-state index is 13.8. The van der Waals surface area contributed by atoms with Crippen molar-refractivity contribution < 1.29 is 18.0 Å². The number of nitrogens with one attached hydrogen (secondary N) is 1. The van der Waals surface area contributed by atoms with Crippen LogP contribution >= 0.6 is 11.3 Å². The third-order valence-corrected chi connectivity index (χ3v) is 10.3. The Morgan fingerprint density at radius 3 is 2.05 bits per heavy atom. The summed E-state index contributed by atoms with van der Waals surface area (Å²) in [7, 11) is -3.63. The van der Waals surface area contributed by atoms with Crippen molar-refractivity contribution in [2.45, 2.75) is 91.1 Å². The first kappa shape index (κ1) is 32.2. The van der Waals surface area contributed by atoms with E-state index >= 15 is 0 Å². The molecule has 40 heavy (non-hydrogen) atoms. The molecule has 3 rings (SSSR count). The van der Waals surface area contributed by atoms with Crippen LogP contribution in [0, 0.1) is 0 Å². The summed E-state index contributed by atoms with van der Waals surface area (Å²) in [5.41, 5.74) is 2.02. The van der Waals surface area contributed by atoms with Gasteiger partial charge in [0.2, 0.25) is 10.0 Å². The summed E-state index contributed by atoms with van der Waals surface area (Å²) in [4.78, 5) is 32.8. The molecule has 1 aliphatic heterocycles. The van der Waals surface area contributed by atoms with Crippen LogP contribution in [0.25, 0.3) is 0 Å². The van der Waals surface area contributed by atoms with E-state index in [1.807, 2.05) is 18.7 Å². The topological polar surface area (TPSA) is 90.0 Å². The molecule has 0 atom stereocenters. The van der Waals surface area contributed by atoms with Crippen LogP contribution < -0.4 is 5.32 Å². The minimum atomic E-state index is -3.63. The van der Waals surface area contributed by atoms with Gasteiger partial charge in [0.1, 0.15) is 5.00 Å². The van der Waals surface area contributed by atoms with Gasteiger partial charge in [0, 0.05) is 55.8 Å². The molecule has 1 aromatic heterocycles. The van der Waals surface area contributed by atoms with Crippen molar-refractivity contribution in [1.82, 2.24) is 14.1 Å². The zero-order chi connectivity index (χ0) is 29.4. The Morgan fingerprint density at radius 2 is 1.52 bits per heavy atom. The van der Waals surface area contributed by atoms with E-state index < -0.39 is 10.0 Å². The number of hydrogen-bond acceptors (Lipinski definition) is 6. The molecule has 10 heteroatoms. The van der Waals surface area contributed by atoms with Crippen LogP contribution in [0.3, 0.4) is 0 Å². The molecule has 2 aromatic rings. The number of thiophene rings is 1. The van der Waals surface area contributed by atoms with E-state index in [0.717, 1.165) is 55.6 Å². The predicted molar refractivity (Wildman–Crippen MR) is 164 cm³/mol. The van der Waals surface area contributed by atoms with Gasteiger partial charge in [-0.05, 0) is 75.8 Å². The van der Waals surface area contributed by atoms with Crippen molar-refractivity contribution in [2.24, 2.45) is 0 Å². The van der Waals surface area contributed by atoms with Crippen molar-refractivity contribution in [3.05, 3.63) is 45.8 Å². The zero-order valence-electron chi connectivity index (χ0n) is 25.0. The fourth-order valence-corrected chi connectivity index (χ4v) is 8.03. The minimum absolute atomic E-state index is 0.0251. The molecule has 0 spiro atoms. The Balaban J connectivity index is 1.92. The number of hydrogen-bond donors (Lipinski definition) is 1. The number of carbonyl (C=O) groups is 2. The van der Waals surface area contributed by atoms with Crippen molar-refractivity contribution in [3.63, 3.8) is 0 Å². The molecular formula is C30H46N4O4S2.